The highest BCUT2D eigenvalue weighted by Crippen LogP contribution is 2.25. The minimum absolute atomic E-state index is 0.506. The molecule has 0 spiro atoms. The molecule has 0 saturated carbocycles. The molecule has 0 amide bonds. The number of rotatable bonds is 6. The maximum Gasteiger partial charge on any atom is 0.0302 e. The summed E-state index contributed by atoms with van der Waals surface area (Å²) in [4.78, 5) is 2.88. The maximum absolute atomic E-state index is 3.59. The zero-order chi connectivity index (χ0) is 11.3. The Labute approximate surface area is 97.9 Å². The van der Waals surface area contributed by atoms with Crippen molar-refractivity contribution in [3.63, 3.8) is 0 Å². The van der Waals surface area contributed by atoms with E-state index in [2.05, 4.69) is 39.1 Å². The summed E-state index contributed by atoms with van der Waals surface area (Å²) in [6.07, 6.45) is 3.93. The average Bonchev–Trinajstić information content (AvgIpc) is 2.52. The zero-order valence-corrected chi connectivity index (χ0v) is 11.2. The van der Waals surface area contributed by atoms with Crippen molar-refractivity contribution in [2.24, 2.45) is 0 Å². The number of hydrogen-bond donors (Lipinski definition) is 1. The number of aryl methyl sites for hydroxylation is 2. The van der Waals surface area contributed by atoms with Gasteiger partial charge >= 0.3 is 0 Å². The van der Waals surface area contributed by atoms with E-state index in [1.165, 1.54) is 34.6 Å². The lowest BCUT2D eigenvalue weighted by molar-refractivity contribution is 0.543. The second-order valence-corrected chi connectivity index (χ2v) is 5.71. The Morgan fingerprint density at radius 1 is 1.33 bits per heavy atom. The van der Waals surface area contributed by atoms with Crippen LogP contribution < -0.4 is 5.32 Å². The van der Waals surface area contributed by atoms with E-state index in [4.69, 9.17) is 0 Å². The van der Waals surface area contributed by atoms with Crippen LogP contribution in [0.5, 0.6) is 0 Å². The van der Waals surface area contributed by atoms with Crippen LogP contribution in [0.3, 0.4) is 0 Å². The number of hydrogen-bond acceptors (Lipinski definition) is 2. The normalized spacial score (nSPS) is 13.1. The van der Waals surface area contributed by atoms with Crippen molar-refractivity contribution in [1.29, 1.82) is 0 Å². The molecule has 0 radical (unpaired) electrons. The molecule has 0 aliphatic heterocycles. The van der Waals surface area contributed by atoms with Crippen LogP contribution >= 0.6 is 11.3 Å². The second-order valence-electron chi connectivity index (χ2n) is 4.25. The molecular weight excluding hydrogens is 202 g/mol. The lowest BCUT2D eigenvalue weighted by atomic mass is 10.1. The third-order valence-corrected chi connectivity index (χ3v) is 3.76. The molecule has 0 saturated heterocycles. The van der Waals surface area contributed by atoms with Crippen LogP contribution in [0.4, 0.5) is 0 Å². The van der Waals surface area contributed by atoms with Gasteiger partial charge in [0.05, 0.1) is 0 Å². The summed E-state index contributed by atoms with van der Waals surface area (Å²) in [6.45, 7) is 10.1. The first-order chi connectivity index (χ1) is 7.15. The Morgan fingerprint density at radius 3 is 2.60 bits per heavy atom. The molecule has 0 aromatic carbocycles. The summed E-state index contributed by atoms with van der Waals surface area (Å²) >= 11 is 1.90. The van der Waals surface area contributed by atoms with Crippen LogP contribution in [0.2, 0.25) is 0 Å². The van der Waals surface area contributed by atoms with Gasteiger partial charge in [-0.3, -0.25) is 0 Å². The van der Waals surface area contributed by atoms with E-state index < -0.39 is 0 Å². The predicted molar refractivity (Wildman–Crippen MR) is 69.7 cm³/mol. The van der Waals surface area contributed by atoms with E-state index in [-0.39, 0.29) is 0 Å². The number of unbranched alkanes of at least 4 members (excludes halogenated alkanes) is 2. The van der Waals surface area contributed by atoms with Crippen molar-refractivity contribution in [2.75, 3.05) is 6.54 Å². The summed E-state index contributed by atoms with van der Waals surface area (Å²) < 4.78 is 0. The molecule has 0 fully saturated rings. The molecule has 1 N–H and O–H groups in total. The molecule has 1 aromatic rings. The lowest BCUT2D eigenvalue weighted by Crippen LogP contribution is -2.19. The van der Waals surface area contributed by atoms with Gasteiger partial charge < -0.3 is 5.32 Å². The van der Waals surface area contributed by atoms with Gasteiger partial charge in [0.15, 0.2) is 0 Å². The summed E-state index contributed by atoms with van der Waals surface area (Å²) in [5, 5.41) is 3.59. The third-order valence-electron chi connectivity index (χ3n) is 2.78. The Bertz CT molecular complexity index is 291. The fourth-order valence-electron chi connectivity index (χ4n) is 1.88. The SMILES string of the molecule is CCCCCNC(C)c1cc(C)sc1C. The van der Waals surface area contributed by atoms with Gasteiger partial charge in [-0.2, -0.15) is 0 Å². The summed E-state index contributed by atoms with van der Waals surface area (Å²) in [6, 6.07) is 2.82. The third kappa shape index (κ3) is 3.96. The van der Waals surface area contributed by atoms with Gasteiger partial charge in [-0.15, -0.1) is 11.3 Å². The Hall–Kier alpha value is -0.340. The molecule has 15 heavy (non-hydrogen) atoms. The lowest BCUT2D eigenvalue weighted by Gasteiger charge is -2.13. The molecule has 0 bridgehead atoms. The van der Waals surface area contributed by atoms with Gasteiger partial charge in [0.2, 0.25) is 0 Å². The van der Waals surface area contributed by atoms with E-state index in [1.54, 1.807) is 0 Å². The zero-order valence-electron chi connectivity index (χ0n) is 10.4. The molecule has 1 aromatic heterocycles. The molecule has 1 unspecified atom stereocenters. The van der Waals surface area contributed by atoms with E-state index in [0.29, 0.717) is 6.04 Å². The fraction of sp³-hybridized carbons (Fsp3) is 0.692. The Kier molecular flexibility index (Phi) is 5.34. The van der Waals surface area contributed by atoms with Crippen molar-refractivity contribution in [1.82, 2.24) is 5.32 Å². The van der Waals surface area contributed by atoms with Crippen LogP contribution in [0.15, 0.2) is 6.07 Å². The smallest absolute Gasteiger partial charge is 0.0302 e. The van der Waals surface area contributed by atoms with E-state index in [9.17, 15) is 0 Å². The maximum atomic E-state index is 3.59. The Balaban J connectivity index is 2.39. The number of thiophene rings is 1. The standard InChI is InChI=1S/C13H23NS/c1-5-6-7-8-14-11(3)13-9-10(2)15-12(13)4/h9,11,14H,5-8H2,1-4H3. The van der Waals surface area contributed by atoms with Crippen LogP contribution in [0.25, 0.3) is 0 Å². The molecule has 1 atom stereocenters. The minimum Gasteiger partial charge on any atom is -0.310 e. The molecule has 2 heteroatoms. The van der Waals surface area contributed by atoms with Gasteiger partial charge in [-0.05, 0) is 45.4 Å². The van der Waals surface area contributed by atoms with Crippen molar-refractivity contribution in [2.45, 2.75) is 53.0 Å². The largest absolute Gasteiger partial charge is 0.310 e. The van der Waals surface area contributed by atoms with Crippen molar-refractivity contribution in [3.05, 3.63) is 21.4 Å². The van der Waals surface area contributed by atoms with E-state index >= 15 is 0 Å². The molecule has 0 aliphatic rings. The van der Waals surface area contributed by atoms with Gasteiger partial charge in [-0.25, -0.2) is 0 Å². The summed E-state index contributed by atoms with van der Waals surface area (Å²) in [7, 11) is 0. The summed E-state index contributed by atoms with van der Waals surface area (Å²) in [5.74, 6) is 0. The van der Waals surface area contributed by atoms with Crippen LogP contribution in [0, 0.1) is 13.8 Å². The van der Waals surface area contributed by atoms with Gasteiger partial charge in [0, 0.05) is 15.8 Å². The summed E-state index contributed by atoms with van der Waals surface area (Å²) in [5.41, 5.74) is 1.48. The van der Waals surface area contributed by atoms with Gasteiger partial charge in [-0.1, -0.05) is 19.8 Å². The molecular formula is C13H23NS. The van der Waals surface area contributed by atoms with E-state index in [0.717, 1.165) is 6.54 Å². The highest BCUT2D eigenvalue weighted by Gasteiger charge is 2.09. The monoisotopic (exact) mass is 225 g/mol. The number of nitrogens with one attached hydrogen (secondary N) is 1. The van der Waals surface area contributed by atoms with Crippen molar-refractivity contribution < 1.29 is 0 Å². The first-order valence-corrected chi connectivity index (χ1v) is 6.77. The fourth-order valence-corrected chi connectivity index (χ4v) is 2.91. The average molecular weight is 225 g/mol. The molecule has 0 aliphatic carbocycles. The highest BCUT2D eigenvalue weighted by atomic mass is 32.1. The topological polar surface area (TPSA) is 12.0 Å². The van der Waals surface area contributed by atoms with Crippen LogP contribution in [-0.4, -0.2) is 6.54 Å². The van der Waals surface area contributed by atoms with Gasteiger partial charge in [0.25, 0.3) is 0 Å². The molecule has 1 nitrogen and oxygen atoms in total. The minimum atomic E-state index is 0.506. The second kappa shape index (κ2) is 6.29. The highest BCUT2D eigenvalue weighted by molar-refractivity contribution is 7.12. The van der Waals surface area contributed by atoms with E-state index in [1.807, 2.05) is 11.3 Å². The first-order valence-electron chi connectivity index (χ1n) is 5.95. The quantitative estimate of drug-likeness (QED) is 0.715. The molecule has 86 valence electrons. The van der Waals surface area contributed by atoms with Crippen molar-refractivity contribution >= 4 is 11.3 Å². The van der Waals surface area contributed by atoms with Gasteiger partial charge in [0.1, 0.15) is 0 Å². The first kappa shape index (κ1) is 12.7. The Morgan fingerprint density at radius 2 is 2.07 bits per heavy atom. The molecule has 1 rings (SSSR count). The van der Waals surface area contributed by atoms with Crippen LogP contribution in [-0.2, 0) is 0 Å². The molecule has 1 heterocycles. The van der Waals surface area contributed by atoms with Crippen molar-refractivity contribution in [3.8, 4) is 0 Å². The predicted octanol–water partition coefficient (Wildman–Crippen LogP) is 4.21. The van der Waals surface area contributed by atoms with Crippen LogP contribution in [0.1, 0.15) is 54.5 Å².